The number of hydrogen-bond acceptors (Lipinski definition) is 5. The summed E-state index contributed by atoms with van der Waals surface area (Å²) in [6, 6.07) is 0. The van der Waals surface area contributed by atoms with E-state index in [1.54, 1.807) is 18.3 Å². The summed E-state index contributed by atoms with van der Waals surface area (Å²) < 4.78 is 22.4. The Bertz CT molecular complexity index is 412. The lowest BCUT2D eigenvalue weighted by atomic mass is 10.3. The molecule has 0 aliphatic heterocycles. The molecule has 0 atom stereocenters. The SMILES string of the molecule is CCS(=O)(=O)CCNCCc1scnc1C. The van der Waals surface area contributed by atoms with Crippen LogP contribution in [0.1, 0.15) is 17.5 Å². The summed E-state index contributed by atoms with van der Waals surface area (Å²) >= 11 is 1.65. The molecule has 0 bridgehead atoms. The fraction of sp³-hybridized carbons (Fsp3) is 0.700. The normalized spacial score (nSPS) is 11.9. The fourth-order valence-corrected chi connectivity index (χ4v) is 2.79. The van der Waals surface area contributed by atoms with Gasteiger partial charge in [0.1, 0.15) is 0 Å². The van der Waals surface area contributed by atoms with Crippen molar-refractivity contribution in [1.29, 1.82) is 0 Å². The third-order valence-corrected chi connectivity index (χ3v) is 5.10. The fourth-order valence-electron chi connectivity index (χ4n) is 1.27. The molecule has 1 N–H and O–H groups in total. The first-order valence-electron chi connectivity index (χ1n) is 5.35. The van der Waals surface area contributed by atoms with Crippen molar-refractivity contribution in [3.8, 4) is 0 Å². The average Bonchev–Trinajstić information content (AvgIpc) is 2.64. The quantitative estimate of drug-likeness (QED) is 0.745. The Kier molecular flexibility index (Phi) is 5.37. The molecule has 0 unspecified atom stereocenters. The Morgan fingerprint density at radius 2 is 2.19 bits per heavy atom. The Balaban J connectivity index is 2.16. The van der Waals surface area contributed by atoms with Crippen LogP contribution < -0.4 is 5.32 Å². The molecular weight excluding hydrogens is 244 g/mol. The largest absolute Gasteiger partial charge is 0.315 e. The van der Waals surface area contributed by atoms with Crippen LogP contribution in [0, 0.1) is 6.92 Å². The maximum atomic E-state index is 11.2. The maximum Gasteiger partial charge on any atom is 0.151 e. The standard InChI is InChI=1S/C10H18N2O2S2/c1-3-16(13,14)7-6-11-5-4-10-9(2)12-8-15-10/h8,11H,3-7H2,1-2H3. The average molecular weight is 262 g/mol. The predicted octanol–water partition coefficient (Wildman–Crippen LogP) is 1.02. The molecule has 1 aromatic heterocycles. The van der Waals surface area contributed by atoms with Crippen LogP contribution in [-0.4, -0.2) is 38.0 Å². The molecule has 1 heterocycles. The number of aromatic nitrogens is 1. The first kappa shape index (κ1) is 13.6. The van der Waals surface area contributed by atoms with Gasteiger partial charge in [0.2, 0.25) is 0 Å². The van der Waals surface area contributed by atoms with Crippen molar-refractivity contribution in [2.45, 2.75) is 20.3 Å². The van der Waals surface area contributed by atoms with Gasteiger partial charge in [-0.15, -0.1) is 11.3 Å². The van der Waals surface area contributed by atoms with E-state index in [0.29, 0.717) is 6.54 Å². The lowest BCUT2D eigenvalue weighted by Gasteiger charge is -2.04. The summed E-state index contributed by atoms with van der Waals surface area (Å²) in [6.45, 7) is 5.01. The number of rotatable bonds is 7. The summed E-state index contributed by atoms with van der Waals surface area (Å²) in [6.07, 6.45) is 0.919. The van der Waals surface area contributed by atoms with Gasteiger partial charge in [-0.1, -0.05) is 6.92 Å². The summed E-state index contributed by atoms with van der Waals surface area (Å²) in [7, 11) is -2.83. The van der Waals surface area contributed by atoms with Crippen molar-refractivity contribution < 1.29 is 8.42 Å². The van der Waals surface area contributed by atoms with Gasteiger partial charge in [0.25, 0.3) is 0 Å². The van der Waals surface area contributed by atoms with E-state index in [2.05, 4.69) is 10.3 Å². The Morgan fingerprint density at radius 1 is 1.44 bits per heavy atom. The summed E-state index contributed by atoms with van der Waals surface area (Å²) in [4.78, 5) is 5.43. The number of hydrogen-bond donors (Lipinski definition) is 1. The Morgan fingerprint density at radius 3 is 2.75 bits per heavy atom. The van der Waals surface area contributed by atoms with Crippen LogP contribution in [0.5, 0.6) is 0 Å². The Hall–Kier alpha value is -0.460. The van der Waals surface area contributed by atoms with Crippen LogP contribution in [0.25, 0.3) is 0 Å². The predicted molar refractivity (Wildman–Crippen MR) is 67.8 cm³/mol. The summed E-state index contributed by atoms with van der Waals surface area (Å²) in [5.41, 5.74) is 2.92. The number of thiazole rings is 1. The van der Waals surface area contributed by atoms with Crippen LogP contribution in [0.15, 0.2) is 5.51 Å². The zero-order valence-electron chi connectivity index (χ0n) is 9.69. The van der Waals surface area contributed by atoms with Crippen LogP contribution in [0.3, 0.4) is 0 Å². The van der Waals surface area contributed by atoms with E-state index < -0.39 is 9.84 Å². The highest BCUT2D eigenvalue weighted by atomic mass is 32.2. The van der Waals surface area contributed by atoms with Crippen LogP contribution in [0.4, 0.5) is 0 Å². The van der Waals surface area contributed by atoms with E-state index in [0.717, 1.165) is 18.7 Å². The highest BCUT2D eigenvalue weighted by molar-refractivity contribution is 7.91. The van der Waals surface area contributed by atoms with Crippen LogP contribution >= 0.6 is 11.3 Å². The maximum absolute atomic E-state index is 11.2. The van der Waals surface area contributed by atoms with Gasteiger partial charge in [-0.25, -0.2) is 13.4 Å². The molecular formula is C10H18N2O2S2. The molecule has 0 radical (unpaired) electrons. The molecule has 0 saturated carbocycles. The highest BCUT2D eigenvalue weighted by Crippen LogP contribution is 2.11. The van der Waals surface area contributed by atoms with Crippen molar-refractivity contribution in [1.82, 2.24) is 10.3 Å². The molecule has 0 spiro atoms. The lowest BCUT2D eigenvalue weighted by molar-refractivity contribution is 0.592. The van der Waals surface area contributed by atoms with Crippen LogP contribution in [-0.2, 0) is 16.3 Å². The lowest BCUT2D eigenvalue weighted by Crippen LogP contribution is -2.25. The van der Waals surface area contributed by atoms with E-state index in [4.69, 9.17) is 0 Å². The van der Waals surface area contributed by atoms with Gasteiger partial charge < -0.3 is 5.32 Å². The van der Waals surface area contributed by atoms with Gasteiger partial charge >= 0.3 is 0 Å². The summed E-state index contributed by atoms with van der Waals surface area (Å²) in [5.74, 6) is 0.452. The van der Waals surface area contributed by atoms with Gasteiger partial charge in [-0.2, -0.15) is 0 Å². The molecule has 4 nitrogen and oxygen atoms in total. The van der Waals surface area contributed by atoms with E-state index in [-0.39, 0.29) is 11.5 Å². The monoisotopic (exact) mass is 262 g/mol. The second-order valence-electron chi connectivity index (χ2n) is 3.60. The third-order valence-electron chi connectivity index (χ3n) is 2.40. The van der Waals surface area contributed by atoms with Gasteiger partial charge in [-0.05, 0) is 13.3 Å². The minimum absolute atomic E-state index is 0.225. The highest BCUT2D eigenvalue weighted by Gasteiger charge is 2.06. The molecule has 1 aromatic rings. The van der Waals surface area contributed by atoms with Crippen molar-refractivity contribution in [3.05, 3.63) is 16.1 Å². The first-order chi connectivity index (χ1) is 7.55. The zero-order chi connectivity index (χ0) is 12.0. The molecule has 6 heteroatoms. The third kappa shape index (κ3) is 4.59. The topological polar surface area (TPSA) is 59.1 Å². The van der Waals surface area contributed by atoms with Crippen molar-refractivity contribution in [2.75, 3.05) is 24.6 Å². The smallest absolute Gasteiger partial charge is 0.151 e. The van der Waals surface area contributed by atoms with E-state index in [1.807, 2.05) is 12.4 Å². The van der Waals surface area contributed by atoms with Crippen molar-refractivity contribution in [2.24, 2.45) is 0 Å². The number of nitrogens with zero attached hydrogens (tertiary/aromatic N) is 1. The molecule has 0 saturated heterocycles. The molecule has 0 aliphatic rings. The second-order valence-corrected chi connectivity index (χ2v) is 7.01. The number of nitrogens with one attached hydrogen (secondary N) is 1. The van der Waals surface area contributed by atoms with E-state index in [9.17, 15) is 8.42 Å². The molecule has 0 aliphatic carbocycles. The van der Waals surface area contributed by atoms with Gasteiger partial charge in [0.15, 0.2) is 9.84 Å². The molecule has 16 heavy (non-hydrogen) atoms. The minimum Gasteiger partial charge on any atom is -0.315 e. The Labute approximate surface area is 101 Å². The second kappa shape index (κ2) is 6.32. The van der Waals surface area contributed by atoms with E-state index in [1.165, 1.54) is 4.88 Å². The van der Waals surface area contributed by atoms with Crippen molar-refractivity contribution in [3.63, 3.8) is 0 Å². The zero-order valence-corrected chi connectivity index (χ0v) is 11.3. The number of aryl methyl sites for hydroxylation is 1. The van der Waals surface area contributed by atoms with Gasteiger partial charge in [0.05, 0.1) is 17.0 Å². The van der Waals surface area contributed by atoms with Crippen molar-refractivity contribution >= 4 is 21.2 Å². The minimum atomic E-state index is -2.83. The number of sulfone groups is 1. The van der Waals surface area contributed by atoms with Gasteiger partial charge in [-0.3, -0.25) is 0 Å². The summed E-state index contributed by atoms with van der Waals surface area (Å²) in [5, 5.41) is 3.14. The molecule has 0 aromatic carbocycles. The molecule has 0 fully saturated rings. The molecule has 92 valence electrons. The first-order valence-corrected chi connectivity index (χ1v) is 8.05. The molecule has 1 rings (SSSR count). The van der Waals surface area contributed by atoms with E-state index >= 15 is 0 Å². The van der Waals surface area contributed by atoms with Crippen LogP contribution in [0.2, 0.25) is 0 Å². The molecule has 0 amide bonds. The van der Waals surface area contributed by atoms with Gasteiger partial charge in [0, 0.05) is 23.7 Å².